The van der Waals surface area contributed by atoms with Crippen molar-refractivity contribution in [3.05, 3.63) is 23.8 Å². The van der Waals surface area contributed by atoms with Crippen molar-refractivity contribution >= 4 is 11.4 Å². The summed E-state index contributed by atoms with van der Waals surface area (Å²) in [6.45, 7) is 1.33. The maximum atomic E-state index is 9.57. The average Bonchev–Trinajstić information content (AvgIpc) is 2.40. The molecule has 18 heavy (non-hydrogen) atoms. The van der Waals surface area contributed by atoms with Crippen molar-refractivity contribution < 1.29 is 9.84 Å². The number of nitrogen functional groups attached to an aromatic ring is 1. The summed E-state index contributed by atoms with van der Waals surface area (Å²) >= 11 is 0. The zero-order valence-electron chi connectivity index (χ0n) is 10.1. The Morgan fingerprint density at radius 2 is 2.17 bits per heavy atom. The molecule has 1 aliphatic heterocycles. The molecule has 0 spiro atoms. The van der Waals surface area contributed by atoms with Crippen LogP contribution in [0.1, 0.15) is 18.4 Å². The lowest BCUT2D eigenvalue weighted by molar-refractivity contribution is 0.0380. The molecule has 0 saturated carbocycles. The van der Waals surface area contributed by atoms with Crippen LogP contribution >= 0.6 is 0 Å². The number of nitriles is 1. The number of hydrogen-bond acceptors (Lipinski definition) is 5. The Labute approximate surface area is 106 Å². The lowest BCUT2D eigenvalue weighted by Gasteiger charge is -2.37. The van der Waals surface area contributed by atoms with Crippen LogP contribution in [0, 0.1) is 11.3 Å². The van der Waals surface area contributed by atoms with Gasteiger partial charge in [-0.1, -0.05) is 0 Å². The van der Waals surface area contributed by atoms with Crippen molar-refractivity contribution in [2.75, 3.05) is 30.9 Å². The number of aliphatic hydroxyl groups is 1. The van der Waals surface area contributed by atoms with E-state index in [-0.39, 0.29) is 12.1 Å². The van der Waals surface area contributed by atoms with Crippen molar-refractivity contribution in [3.8, 4) is 6.07 Å². The van der Waals surface area contributed by atoms with Gasteiger partial charge in [0, 0.05) is 18.9 Å². The zero-order valence-corrected chi connectivity index (χ0v) is 10.1. The van der Waals surface area contributed by atoms with E-state index in [1.54, 1.807) is 12.1 Å². The van der Waals surface area contributed by atoms with Gasteiger partial charge < -0.3 is 20.9 Å². The summed E-state index contributed by atoms with van der Waals surface area (Å²) in [6, 6.07) is 7.24. The SMILES string of the molecule is N#Cc1ccc(NC2(CO)CCOCC2)cc1N. The van der Waals surface area contributed by atoms with Crippen molar-refractivity contribution in [3.63, 3.8) is 0 Å². The molecular formula is C13H17N3O2. The molecule has 1 heterocycles. The lowest BCUT2D eigenvalue weighted by atomic mass is 9.90. The number of benzene rings is 1. The molecule has 1 aromatic rings. The van der Waals surface area contributed by atoms with Crippen molar-refractivity contribution in [1.82, 2.24) is 0 Å². The monoisotopic (exact) mass is 247 g/mol. The first-order valence-electron chi connectivity index (χ1n) is 5.95. The van der Waals surface area contributed by atoms with Crippen LogP contribution in [0.4, 0.5) is 11.4 Å². The molecule has 1 aromatic carbocycles. The molecule has 5 nitrogen and oxygen atoms in total. The summed E-state index contributed by atoms with van der Waals surface area (Å²) in [4.78, 5) is 0. The number of anilines is 2. The van der Waals surface area contributed by atoms with Gasteiger partial charge in [0.15, 0.2) is 0 Å². The maximum Gasteiger partial charge on any atom is 0.101 e. The molecule has 1 saturated heterocycles. The van der Waals surface area contributed by atoms with E-state index in [0.717, 1.165) is 18.5 Å². The third-order valence-corrected chi connectivity index (χ3v) is 3.33. The predicted octanol–water partition coefficient (Wildman–Crippen LogP) is 1.09. The fourth-order valence-electron chi connectivity index (χ4n) is 2.13. The topological polar surface area (TPSA) is 91.3 Å². The summed E-state index contributed by atoms with van der Waals surface area (Å²) in [5.41, 5.74) is 7.16. The van der Waals surface area contributed by atoms with Crippen LogP contribution in [0.2, 0.25) is 0 Å². The highest BCUT2D eigenvalue weighted by Gasteiger charge is 2.31. The Hall–Kier alpha value is -1.77. The molecule has 5 heteroatoms. The first-order chi connectivity index (χ1) is 8.69. The zero-order chi connectivity index (χ0) is 13.0. The molecule has 0 aliphatic carbocycles. The second-order valence-electron chi connectivity index (χ2n) is 4.59. The van der Waals surface area contributed by atoms with Gasteiger partial charge in [0.25, 0.3) is 0 Å². The summed E-state index contributed by atoms with van der Waals surface area (Å²) in [5.74, 6) is 0. The van der Waals surface area contributed by atoms with Crippen molar-refractivity contribution in [2.45, 2.75) is 18.4 Å². The molecule has 1 aliphatic rings. The number of nitrogens with one attached hydrogen (secondary N) is 1. The standard InChI is InChI=1S/C13H17N3O2/c14-8-10-1-2-11(7-12(10)15)16-13(9-17)3-5-18-6-4-13/h1-2,7,16-17H,3-6,9,15H2. The van der Waals surface area contributed by atoms with Gasteiger partial charge in [0.1, 0.15) is 6.07 Å². The fraction of sp³-hybridized carbons (Fsp3) is 0.462. The van der Waals surface area contributed by atoms with Crippen LogP contribution in [0.3, 0.4) is 0 Å². The summed E-state index contributed by atoms with van der Waals surface area (Å²) in [6.07, 6.45) is 1.51. The highest BCUT2D eigenvalue weighted by Crippen LogP contribution is 2.27. The minimum absolute atomic E-state index is 0.0519. The summed E-state index contributed by atoms with van der Waals surface area (Å²) < 4.78 is 5.31. The van der Waals surface area contributed by atoms with E-state index in [9.17, 15) is 5.11 Å². The van der Waals surface area contributed by atoms with Crippen LogP contribution in [0.15, 0.2) is 18.2 Å². The molecule has 0 amide bonds. The Balaban J connectivity index is 2.17. The van der Waals surface area contributed by atoms with Crippen LogP contribution in [-0.2, 0) is 4.74 Å². The van der Waals surface area contributed by atoms with E-state index in [4.69, 9.17) is 15.7 Å². The number of nitrogens with two attached hydrogens (primary N) is 1. The highest BCUT2D eigenvalue weighted by molar-refractivity contribution is 5.63. The van der Waals surface area contributed by atoms with E-state index in [1.165, 1.54) is 0 Å². The van der Waals surface area contributed by atoms with Gasteiger partial charge in [-0.3, -0.25) is 0 Å². The number of ether oxygens (including phenoxy) is 1. The van der Waals surface area contributed by atoms with Gasteiger partial charge in [0.05, 0.1) is 23.4 Å². The van der Waals surface area contributed by atoms with Gasteiger partial charge >= 0.3 is 0 Å². The molecule has 2 rings (SSSR count). The van der Waals surface area contributed by atoms with Crippen LogP contribution in [-0.4, -0.2) is 30.5 Å². The number of aliphatic hydroxyl groups excluding tert-OH is 1. The van der Waals surface area contributed by atoms with Crippen LogP contribution in [0.25, 0.3) is 0 Å². The molecule has 0 unspecified atom stereocenters. The van der Waals surface area contributed by atoms with Gasteiger partial charge in [0.2, 0.25) is 0 Å². The third-order valence-electron chi connectivity index (χ3n) is 3.33. The minimum atomic E-state index is -0.348. The minimum Gasteiger partial charge on any atom is -0.398 e. The molecule has 1 fully saturated rings. The van der Waals surface area contributed by atoms with E-state index in [1.807, 2.05) is 12.1 Å². The number of rotatable bonds is 3. The predicted molar refractivity (Wildman–Crippen MR) is 69.1 cm³/mol. The van der Waals surface area contributed by atoms with Crippen LogP contribution < -0.4 is 11.1 Å². The Morgan fingerprint density at radius 3 is 2.72 bits per heavy atom. The van der Waals surface area contributed by atoms with Crippen molar-refractivity contribution in [2.24, 2.45) is 0 Å². The molecular weight excluding hydrogens is 230 g/mol. The third kappa shape index (κ3) is 2.55. The van der Waals surface area contributed by atoms with Gasteiger partial charge in [-0.25, -0.2) is 0 Å². The highest BCUT2D eigenvalue weighted by atomic mass is 16.5. The van der Waals surface area contributed by atoms with E-state index < -0.39 is 0 Å². The summed E-state index contributed by atoms with van der Waals surface area (Å²) in [7, 11) is 0. The van der Waals surface area contributed by atoms with E-state index in [0.29, 0.717) is 24.5 Å². The Kier molecular flexibility index (Phi) is 3.70. The normalized spacial score (nSPS) is 18.0. The molecule has 96 valence electrons. The lowest BCUT2D eigenvalue weighted by Crippen LogP contribution is -2.46. The Bertz CT molecular complexity index is 462. The summed E-state index contributed by atoms with van der Waals surface area (Å²) in [5, 5.41) is 21.7. The van der Waals surface area contributed by atoms with Gasteiger partial charge in [-0.05, 0) is 31.0 Å². The second-order valence-corrected chi connectivity index (χ2v) is 4.59. The van der Waals surface area contributed by atoms with Gasteiger partial charge in [-0.2, -0.15) is 5.26 Å². The fourth-order valence-corrected chi connectivity index (χ4v) is 2.13. The molecule has 0 aromatic heterocycles. The Morgan fingerprint density at radius 1 is 1.44 bits per heavy atom. The van der Waals surface area contributed by atoms with Crippen LogP contribution in [0.5, 0.6) is 0 Å². The molecule has 0 bridgehead atoms. The molecule has 0 atom stereocenters. The molecule has 0 radical (unpaired) electrons. The smallest absolute Gasteiger partial charge is 0.101 e. The largest absolute Gasteiger partial charge is 0.398 e. The molecule has 4 N–H and O–H groups in total. The second kappa shape index (κ2) is 5.25. The number of hydrogen-bond donors (Lipinski definition) is 3. The first-order valence-corrected chi connectivity index (χ1v) is 5.95. The average molecular weight is 247 g/mol. The van der Waals surface area contributed by atoms with Crippen molar-refractivity contribution in [1.29, 1.82) is 5.26 Å². The van der Waals surface area contributed by atoms with E-state index in [2.05, 4.69) is 5.32 Å². The quantitative estimate of drug-likeness (QED) is 0.695. The van der Waals surface area contributed by atoms with Gasteiger partial charge in [-0.15, -0.1) is 0 Å². The van der Waals surface area contributed by atoms with E-state index >= 15 is 0 Å². The number of nitrogens with zero attached hydrogens (tertiary/aromatic N) is 1. The maximum absolute atomic E-state index is 9.57. The first kappa shape index (κ1) is 12.7.